The van der Waals surface area contributed by atoms with Crippen molar-refractivity contribution in [2.75, 3.05) is 18.1 Å². The van der Waals surface area contributed by atoms with Crippen LogP contribution < -0.4 is 4.90 Å². The number of aliphatic hydroxyl groups excluding tert-OH is 1. The Morgan fingerprint density at radius 3 is 2.26 bits per heavy atom. The molecular weight excluding hydrogens is 258 g/mol. The van der Waals surface area contributed by atoms with Crippen molar-refractivity contribution in [3.63, 3.8) is 0 Å². The number of nitro benzene ring substituents is 1. The second kappa shape index (κ2) is 6.42. The molecule has 5 nitrogen and oxygen atoms in total. The zero-order chi connectivity index (χ0) is 14.6. The number of halogens is 2. The summed E-state index contributed by atoms with van der Waals surface area (Å²) in [5.41, 5.74) is -0.918. The summed E-state index contributed by atoms with van der Waals surface area (Å²) in [7, 11) is 0. The van der Waals surface area contributed by atoms with Gasteiger partial charge < -0.3 is 10.0 Å². The van der Waals surface area contributed by atoms with Crippen molar-refractivity contribution in [1.29, 1.82) is 0 Å². The Balaban J connectivity index is 3.19. The van der Waals surface area contributed by atoms with Crippen LogP contribution in [0.5, 0.6) is 0 Å². The largest absolute Gasteiger partial charge is 0.396 e. The van der Waals surface area contributed by atoms with Crippen molar-refractivity contribution >= 4 is 11.4 Å². The van der Waals surface area contributed by atoms with E-state index in [1.165, 1.54) is 4.90 Å². The number of aliphatic hydroxyl groups is 1. The normalized spacial score (nSPS) is 10.8. The van der Waals surface area contributed by atoms with Crippen molar-refractivity contribution in [2.45, 2.75) is 26.3 Å². The molecule has 0 radical (unpaired) electrons. The van der Waals surface area contributed by atoms with Gasteiger partial charge in [-0.25, -0.2) is 8.78 Å². The van der Waals surface area contributed by atoms with Gasteiger partial charge in [0.1, 0.15) is 5.69 Å². The standard InChI is InChI=1S/C12H16F2N2O3/c1-8(2)15(4-3-5-17)12-10(13)6-9(16(18)19)7-11(12)14/h6-8,17H,3-5H2,1-2H3. The van der Waals surface area contributed by atoms with Gasteiger partial charge >= 0.3 is 0 Å². The van der Waals surface area contributed by atoms with Crippen LogP contribution in [0.1, 0.15) is 20.3 Å². The molecule has 0 saturated carbocycles. The summed E-state index contributed by atoms with van der Waals surface area (Å²) in [5, 5.41) is 19.3. The molecule has 1 rings (SSSR count). The van der Waals surface area contributed by atoms with E-state index in [1.807, 2.05) is 0 Å². The minimum absolute atomic E-state index is 0.0978. The van der Waals surface area contributed by atoms with E-state index >= 15 is 0 Å². The quantitative estimate of drug-likeness (QED) is 0.639. The molecule has 0 aliphatic carbocycles. The lowest BCUT2D eigenvalue weighted by atomic mass is 10.2. The van der Waals surface area contributed by atoms with Gasteiger partial charge in [0.2, 0.25) is 0 Å². The third-order valence-corrected chi connectivity index (χ3v) is 2.68. The van der Waals surface area contributed by atoms with Gasteiger partial charge in [-0.15, -0.1) is 0 Å². The molecule has 0 atom stereocenters. The predicted octanol–water partition coefficient (Wildman–Crippen LogP) is 2.47. The molecular formula is C12H16F2N2O3. The molecule has 106 valence electrons. The van der Waals surface area contributed by atoms with E-state index in [4.69, 9.17) is 5.11 Å². The van der Waals surface area contributed by atoms with Crippen LogP contribution in [-0.4, -0.2) is 29.2 Å². The maximum absolute atomic E-state index is 13.9. The maximum Gasteiger partial charge on any atom is 0.275 e. The molecule has 0 aliphatic heterocycles. The van der Waals surface area contributed by atoms with E-state index < -0.39 is 22.2 Å². The lowest BCUT2D eigenvalue weighted by molar-refractivity contribution is -0.385. The van der Waals surface area contributed by atoms with Gasteiger partial charge in [-0.1, -0.05) is 0 Å². The Hall–Kier alpha value is -1.76. The van der Waals surface area contributed by atoms with Crippen LogP contribution in [-0.2, 0) is 0 Å². The van der Waals surface area contributed by atoms with Gasteiger partial charge in [0.25, 0.3) is 5.69 Å². The fourth-order valence-electron chi connectivity index (χ4n) is 1.80. The number of nitrogens with zero attached hydrogens (tertiary/aromatic N) is 2. The van der Waals surface area contributed by atoms with Crippen LogP contribution in [0.25, 0.3) is 0 Å². The minimum Gasteiger partial charge on any atom is -0.396 e. The molecule has 0 spiro atoms. The molecule has 0 fully saturated rings. The second-order valence-corrected chi connectivity index (χ2v) is 4.38. The summed E-state index contributed by atoms with van der Waals surface area (Å²) in [5.74, 6) is -1.95. The highest BCUT2D eigenvalue weighted by molar-refractivity contribution is 5.54. The smallest absolute Gasteiger partial charge is 0.275 e. The van der Waals surface area contributed by atoms with E-state index in [1.54, 1.807) is 13.8 Å². The number of benzene rings is 1. The molecule has 0 amide bonds. The Morgan fingerprint density at radius 1 is 1.37 bits per heavy atom. The zero-order valence-electron chi connectivity index (χ0n) is 10.8. The summed E-state index contributed by atoms with van der Waals surface area (Å²) in [6.45, 7) is 3.66. The SMILES string of the molecule is CC(C)N(CCCO)c1c(F)cc([N+](=O)[O-])cc1F. The molecule has 0 heterocycles. The van der Waals surface area contributed by atoms with Crippen molar-refractivity contribution in [3.8, 4) is 0 Å². The highest BCUT2D eigenvalue weighted by Crippen LogP contribution is 2.29. The van der Waals surface area contributed by atoms with Crippen molar-refractivity contribution in [3.05, 3.63) is 33.9 Å². The summed E-state index contributed by atoms with van der Waals surface area (Å²) in [4.78, 5) is 11.1. The molecule has 0 aromatic heterocycles. The molecule has 1 N–H and O–H groups in total. The molecule has 0 bridgehead atoms. The molecule has 0 saturated heterocycles. The van der Waals surface area contributed by atoms with Crippen molar-refractivity contribution < 1.29 is 18.8 Å². The molecule has 1 aromatic carbocycles. The first-order chi connectivity index (χ1) is 8.88. The summed E-state index contributed by atoms with van der Waals surface area (Å²) in [6, 6.07) is 1.21. The molecule has 1 aromatic rings. The first-order valence-electron chi connectivity index (χ1n) is 5.89. The topological polar surface area (TPSA) is 66.6 Å². The van der Waals surface area contributed by atoms with E-state index in [0.717, 1.165) is 0 Å². The monoisotopic (exact) mass is 274 g/mol. The lowest BCUT2D eigenvalue weighted by Crippen LogP contribution is -2.33. The van der Waals surface area contributed by atoms with Crippen molar-refractivity contribution in [1.82, 2.24) is 0 Å². The number of hydrogen-bond donors (Lipinski definition) is 1. The first kappa shape index (κ1) is 15.3. The third-order valence-electron chi connectivity index (χ3n) is 2.68. The highest BCUT2D eigenvalue weighted by Gasteiger charge is 2.23. The second-order valence-electron chi connectivity index (χ2n) is 4.38. The Kier molecular flexibility index (Phi) is 5.17. The summed E-state index contributed by atoms with van der Waals surface area (Å²) >= 11 is 0. The average Bonchev–Trinajstić information content (AvgIpc) is 2.31. The molecule has 19 heavy (non-hydrogen) atoms. The predicted molar refractivity (Wildman–Crippen MR) is 67.2 cm³/mol. The first-order valence-corrected chi connectivity index (χ1v) is 5.89. The van der Waals surface area contributed by atoms with Crippen LogP contribution in [0.4, 0.5) is 20.2 Å². The van der Waals surface area contributed by atoms with Crippen LogP contribution >= 0.6 is 0 Å². The fourth-order valence-corrected chi connectivity index (χ4v) is 1.80. The van der Waals surface area contributed by atoms with Gasteiger partial charge in [0.05, 0.1) is 17.1 Å². The van der Waals surface area contributed by atoms with Gasteiger partial charge in [-0.2, -0.15) is 0 Å². The van der Waals surface area contributed by atoms with E-state index in [9.17, 15) is 18.9 Å². The Labute approximate surface area is 109 Å². The van der Waals surface area contributed by atoms with Gasteiger partial charge in [-0.05, 0) is 20.3 Å². The Morgan fingerprint density at radius 2 is 1.89 bits per heavy atom. The summed E-state index contributed by atoms with van der Waals surface area (Å²) < 4.78 is 27.7. The zero-order valence-corrected chi connectivity index (χ0v) is 10.8. The number of nitro groups is 1. The van der Waals surface area contributed by atoms with E-state index in [-0.39, 0.29) is 24.9 Å². The Bertz CT molecular complexity index is 443. The number of non-ortho nitro benzene ring substituents is 1. The van der Waals surface area contributed by atoms with Crippen LogP contribution in [0.3, 0.4) is 0 Å². The van der Waals surface area contributed by atoms with Crippen LogP contribution in [0.15, 0.2) is 12.1 Å². The van der Waals surface area contributed by atoms with E-state index in [2.05, 4.69) is 0 Å². The molecule has 0 aliphatic rings. The number of rotatable bonds is 6. The van der Waals surface area contributed by atoms with Gasteiger partial charge in [0, 0.05) is 19.2 Å². The summed E-state index contributed by atoms with van der Waals surface area (Å²) in [6.07, 6.45) is 0.355. The van der Waals surface area contributed by atoms with E-state index in [0.29, 0.717) is 18.6 Å². The maximum atomic E-state index is 13.9. The van der Waals surface area contributed by atoms with Crippen molar-refractivity contribution in [2.24, 2.45) is 0 Å². The van der Waals surface area contributed by atoms with Gasteiger partial charge in [0.15, 0.2) is 11.6 Å². The number of anilines is 1. The van der Waals surface area contributed by atoms with Crippen LogP contribution in [0, 0.1) is 21.7 Å². The van der Waals surface area contributed by atoms with Crippen LogP contribution in [0.2, 0.25) is 0 Å². The average molecular weight is 274 g/mol. The third kappa shape index (κ3) is 3.60. The highest BCUT2D eigenvalue weighted by atomic mass is 19.1. The molecule has 7 heteroatoms. The fraction of sp³-hybridized carbons (Fsp3) is 0.500. The molecule has 0 unspecified atom stereocenters. The van der Waals surface area contributed by atoms with Gasteiger partial charge in [-0.3, -0.25) is 10.1 Å². The lowest BCUT2D eigenvalue weighted by Gasteiger charge is -2.29. The minimum atomic E-state index is -0.974. The number of hydrogen-bond acceptors (Lipinski definition) is 4.